The topological polar surface area (TPSA) is 109 Å². The van der Waals surface area contributed by atoms with E-state index in [0.29, 0.717) is 18.7 Å². The Hall–Kier alpha value is -3.10. The number of hydrogen-bond donors (Lipinski definition) is 2. The van der Waals surface area contributed by atoms with Crippen LogP contribution in [-0.4, -0.2) is 61.1 Å². The van der Waals surface area contributed by atoms with E-state index in [1.165, 1.54) is 12.0 Å². The summed E-state index contributed by atoms with van der Waals surface area (Å²) in [6.45, 7) is 9.52. The molecule has 2 atom stereocenters. The van der Waals surface area contributed by atoms with Crippen molar-refractivity contribution in [1.82, 2.24) is 10.2 Å². The van der Waals surface area contributed by atoms with E-state index in [0.717, 1.165) is 5.56 Å². The second kappa shape index (κ2) is 10.1. The molecule has 1 aliphatic heterocycles. The first-order valence-corrected chi connectivity index (χ1v) is 9.79. The van der Waals surface area contributed by atoms with Crippen LogP contribution in [0.1, 0.15) is 39.2 Å². The smallest absolute Gasteiger partial charge is 0.411 e. The van der Waals surface area contributed by atoms with Gasteiger partial charge in [-0.3, -0.25) is 9.89 Å². The Balaban J connectivity index is 1.97. The third-order valence-corrected chi connectivity index (χ3v) is 4.55. The molecule has 1 fully saturated rings. The maximum atomic E-state index is 12.5. The fourth-order valence-corrected chi connectivity index (χ4v) is 3.17. The summed E-state index contributed by atoms with van der Waals surface area (Å²) < 4.78 is 10.2. The van der Waals surface area contributed by atoms with Gasteiger partial charge in [-0.15, -0.1) is 0 Å². The number of esters is 1. The minimum absolute atomic E-state index is 0.239. The number of rotatable bonds is 5. The molecule has 0 radical (unpaired) electrons. The lowest BCUT2D eigenvalue weighted by Crippen LogP contribution is -2.56. The van der Waals surface area contributed by atoms with Crippen LogP contribution in [0.3, 0.4) is 0 Å². The van der Waals surface area contributed by atoms with E-state index in [-0.39, 0.29) is 25.0 Å². The number of benzene rings is 1. The summed E-state index contributed by atoms with van der Waals surface area (Å²) in [5, 5.41) is 5.62. The molecule has 1 aromatic rings. The summed E-state index contributed by atoms with van der Waals surface area (Å²) in [6.07, 6.45) is 0.155. The first-order chi connectivity index (χ1) is 14.1. The largest absolute Gasteiger partial charge is 0.467 e. The molecule has 0 saturated carbocycles. The number of nitrogens with zero attached hydrogens (tertiary/aromatic N) is 2. The molecule has 3 amide bonds. The number of piperidine rings is 1. The van der Waals surface area contributed by atoms with Crippen LogP contribution in [0.2, 0.25) is 0 Å². The van der Waals surface area contributed by atoms with Gasteiger partial charge in [0.05, 0.1) is 13.7 Å². The van der Waals surface area contributed by atoms with Crippen LogP contribution >= 0.6 is 0 Å². The molecule has 0 aliphatic carbocycles. The predicted molar refractivity (Wildman–Crippen MR) is 114 cm³/mol. The number of aliphatic imine (C=N–C) groups is 1. The number of carbonyl (C=O) groups excluding carboxylic acids is 3. The minimum Gasteiger partial charge on any atom is -0.467 e. The lowest BCUT2D eigenvalue weighted by molar-refractivity contribution is -0.148. The molecule has 0 unspecified atom stereocenters. The van der Waals surface area contributed by atoms with Crippen molar-refractivity contribution in [1.29, 1.82) is 0 Å². The maximum absolute atomic E-state index is 12.5. The quantitative estimate of drug-likeness (QED) is 0.564. The number of urea groups is 1. The molecule has 0 aromatic heterocycles. The van der Waals surface area contributed by atoms with Crippen molar-refractivity contribution in [2.75, 3.05) is 19.0 Å². The zero-order valence-corrected chi connectivity index (χ0v) is 17.9. The third-order valence-electron chi connectivity index (χ3n) is 4.55. The fraction of sp³-hybridized carbons (Fsp3) is 0.524. The van der Waals surface area contributed by atoms with Gasteiger partial charge in [0, 0.05) is 18.3 Å². The van der Waals surface area contributed by atoms with Crippen LogP contribution in [0.4, 0.5) is 15.3 Å². The van der Waals surface area contributed by atoms with Gasteiger partial charge < -0.3 is 20.1 Å². The van der Waals surface area contributed by atoms with Gasteiger partial charge >= 0.3 is 18.1 Å². The molecule has 1 saturated heterocycles. The molecule has 164 valence electrons. The highest BCUT2D eigenvalue weighted by atomic mass is 16.6. The predicted octanol–water partition coefficient (Wildman–Crippen LogP) is 2.95. The van der Waals surface area contributed by atoms with Crippen molar-refractivity contribution in [3.63, 3.8) is 0 Å². The Labute approximate surface area is 176 Å². The van der Waals surface area contributed by atoms with Crippen molar-refractivity contribution in [2.45, 2.75) is 57.8 Å². The van der Waals surface area contributed by atoms with E-state index in [9.17, 15) is 14.4 Å². The van der Waals surface area contributed by atoms with E-state index in [1.54, 1.807) is 32.9 Å². The van der Waals surface area contributed by atoms with Crippen molar-refractivity contribution in [2.24, 2.45) is 4.99 Å². The number of ether oxygens (including phenoxy) is 2. The lowest BCUT2D eigenvalue weighted by Gasteiger charge is -2.38. The van der Waals surface area contributed by atoms with Crippen LogP contribution in [0, 0.1) is 0 Å². The fourth-order valence-electron chi connectivity index (χ4n) is 3.17. The average Bonchev–Trinajstić information content (AvgIpc) is 2.67. The molecule has 1 aromatic carbocycles. The molecule has 9 heteroatoms. The molecule has 1 aliphatic rings. The van der Waals surface area contributed by atoms with Crippen LogP contribution in [0.5, 0.6) is 0 Å². The highest BCUT2D eigenvalue weighted by Crippen LogP contribution is 2.22. The summed E-state index contributed by atoms with van der Waals surface area (Å²) in [4.78, 5) is 42.3. The summed E-state index contributed by atoms with van der Waals surface area (Å²) in [6, 6.07) is 5.77. The van der Waals surface area contributed by atoms with Crippen LogP contribution in [-0.2, 0) is 20.8 Å². The van der Waals surface area contributed by atoms with Gasteiger partial charge in [-0.05, 0) is 58.0 Å². The Morgan fingerprint density at radius 3 is 2.47 bits per heavy atom. The zero-order valence-electron chi connectivity index (χ0n) is 17.9. The SMILES string of the molecule is C=NCc1ccc(NC(=O)N[C@@H]2CCN(C(=O)OC(C)(C)C)[C@@H](C(=O)OC)C2)cc1. The normalized spacial score (nSPS) is 18.9. The zero-order chi connectivity index (χ0) is 22.3. The van der Waals surface area contributed by atoms with E-state index in [1.807, 2.05) is 12.1 Å². The molecule has 2 N–H and O–H groups in total. The Morgan fingerprint density at radius 2 is 1.90 bits per heavy atom. The molecular weight excluding hydrogens is 388 g/mol. The second-order valence-corrected chi connectivity index (χ2v) is 8.11. The average molecular weight is 418 g/mol. The first kappa shape index (κ1) is 23.2. The number of likely N-dealkylation sites (tertiary alicyclic amines) is 1. The molecule has 9 nitrogen and oxygen atoms in total. The molecule has 0 bridgehead atoms. The van der Waals surface area contributed by atoms with Crippen molar-refractivity contribution < 1.29 is 23.9 Å². The van der Waals surface area contributed by atoms with E-state index in [4.69, 9.17) is 9.47 Å². The number of nitrogens with one attached hydrogen (secondary N) is 2. The van der Waals surface area contributed by atoms with Gasteiger partial charge in [-0.2, -0.15) is 0 Å². The molecule has 30 heavy (non-hydrogen) atoms. The van der Waals surface area contributed by atoms with Gasteiger partial charge in [-0.25, -0.2) is 14.4 Å². The third kappa shape index (κ3) is 6.75. The van der Waals surface area contributed by atoms with Gasteiger partial charge in [0.25, 0.3) is 0 Å². The van der Waals surface area contributed by atoms with Crippen LogP contribution in [0.25, 0.3) is 0 Å². The molecule has 2 rings (SSSR count). The maximum Gasteiger partial charge on any atom is 0.411 e. The number of methoxy groups -OCH3 is 1. The lowest BCUT2D eigenvalue weighted by atomic mass is 9.97. The number of carbonyl (C=O) groups is 3. The van der Waals surface area contributed by atoms with Crippen molar-refractivity contribution in [3.05, 3.63) is 29.8 Å². The number of amides is 3. The first-order valence-electron chi connectivity index (χ1n) is 9.79. The number of anilines is 1. The van der Waals surface area contributed by atoms with Crippen molar-refractivity contribution >= 4 is 30.5 Å². The molecule has 0 spiro atoms. The highest BCUT2D eigenvalue weighted by Gasteiger charge is 2.39. The second-order valence-electron chi connectivity index (χ2n) is 8.11. The van der Waals surface area contributed by atoms with Crippen molar-refractivity contribution in [3.8, 4) is 0 Å². The van der Waals surface area contributed by atoms with Gasteiger partial charge in [0.2, 0.25) is 0 Å². The summed E-state index contributed by atoms with van der Waals surface area (Å²) in [5.74, 6) is -0.542. The Morgan fingerprint density at radius 1 is 1.23 bits per heavy atom. The van der Waals surface area contributed by atoms with E-state index in [2.05, 4.69) is 22.3 Å². The van der Waals surface area contributed by atoms with Gasteiger partial charge in [-0.1, -0.05) is 12.1 Å². The van der Waals surface area contributed by atoms with E-state index >= 15 is 0 Å². The van der Waals surface area contributed by atoms with Gasteiger partial charge in [0.15, 0.2) is 0 Å². The van der Waals surface area contributed by atoms with Gasteiger partial charge in [0.1, 0.15) is 11.6 Å². The highest BCUT2D eigenvalue weighted by molar-refractivity contribution is 5.89. The number of hydrogen-bond acceptors (Lipinski definition) is 6. The Bertz CT molecular complexity index is 773. The minimum atomic E-state index is -0.824. The molecule has 1 heterocycles. The van der Waals surface area contributed by atoms with Crippen LogP contribution < -0.4 is 10.6 Å². The Kier molecular flexibility index (Phi) is 7.79. The monoisotopic (exact) mass is 418 g/mol. The standard InChI is InChI=1S/C21H30N4O5/c1-21(2,3)30-20(28)25-11-10-16(12-17(25)18(26)29-5)24-19(27)23-15-8-6-14(7-9-15)13-22-4/h6-9,16-17H,4,10-13H2,1-3,5H3,(H2,23,24,27)/t16-,17-/m1/s1. The summed E-state index contributed by atoms with van der Waals surface area (Å²) in [7, 11) is 1.27. The molecular formula is C21H30N4O5. The summed E-state index contributed by atoms with van der Waals surface area (Å²) >= 11 is 0. The van der Waals surface area contributed by atoms with Crippen LogP contribution in [0.15, 0.2) is 29.3 Å². The summed E-state index contributed by atoms with van der Waals surface area (Å²) in [5.41, 5.74) is 0.951. The van der Waals surface area contributed by atoms with E-state index < -0.39 is 23.7 Å².